The number of hydrogen-bond acceptors (Lipinski definition) is 2. The number of benzene rings is 2. The van der Waals surface area contributed by atoms with E-state index >= 15 is 0 Å². The van der Waals surface area contributed by atoms with Crippen molar-refractivity contribution in [2.75, 3.05) is 0 Å². The van der Waals surface area contributed by atoms with E-state index in [0.29, 0.717) is 5.56 Å². The second-order valence-corrected chi connectivity index (χ2v) is 5.95. The van der Waals surface area contributed by atoms with Gasteiger partial charge in [0.05, 0.1) is 24.0 Å². The maximum absolute atomic E-state index is 12.5. The van der Waals surface area contributed by atoms with Crippen molar-refractivity contribution in [2.45, 2.75) is 32.1 Å². The van der Waals surface area contributed by atoms with Crippen LogP contribution in [0.1, 0.15) is 27.8 Å². The summed E-state index contributed by atoms with van der Waals surface area (Å²) in [5.41, 5.74) is -1.73. The summed E-state index contributed by atoms with van der Waals surface area (Å²) in [5, 5.41) is 16.8. The predicted molar refractivity (Wildman–Crippen MR) is 90.3 cm³/mol. The fraction of sp³-hybridized carbons (Fsp3) is 0.263. The number of hydrogen-bond donors (Lipinski definition) is 2. The van der Waals surface area contributed by atoms with Gasteiger partial charge in [0, 0.05) is 0 Å². The summed E-state index contributed by atoms with van der Waals surface area (Å²) >= 11 is 0. The number of aliphatic carboxylic acids is 2. The molecule has 0 saturated heterocycles. The highest BCUT2D eigenvalue weighted by atomic mass is 19.4. The number of carboxylic acids is 2. The Bertz CT molecular complexity index is 872. The highest BCUT2D eigenvalue weighted by molar-refractivity contribution is 5.71. The lowest BCUT2D eigenvalue weighted by atomic mass is 10.0. The molecule has 0 saturated carbocycles. The van der Waals surface area contributed by atoms with Gasteiger partial charge in [-0.25, -0.2) is 0 Å². The van der Waals surface area contributed by atoms with Crippen molar-refractivity contribution < 1.29 is 46.1 Å². The third-order valence-electron chi connectivity index (χ3n) is 3.58. The van der Waals surface area contributed by atoms with Crippen molar-refractivity contribution >= 4 is 11.9 Å². The van der Waals surface area contributed by atoms with E-state index in [1.807, 2.05) is 0 Å². The summed E-state index contributed by atoms with van der Waals surface area (Å²) in [6, 6.07) is 8.27. The van der Waals surface area contributed by atoms with E-state index < -0.39 is 48.3 Å². The Balaban J connectivity index is 0.000000291. The van der Waals surface area contributed by atoms with Crippen molar-refractivity contribution in [3.63, 3.8) is 0 Å². The highest BCUT2D eigenvalue weighted by Crippen LogP contribution is 2.33. The maximum atomic E-state index is 12.5. The zero-order valence-electron chi connectivity index (χ0n) is 14.9. The van der Waals surface area contributed by atoms with Crippen LogP contribution in [0.25, 0.3) is 0 Å². The molecule has 2 N–H and O–H groups in total. The molecule has 2 aromatic rings. The molecule has 2 aromatic carbocycles. The molecule has 0 amide bonds. The topological polar surface area (TPSA) is 74.6 Å². The minimum Gasteiger partial charge on any atom is -0.481 e. The predicted octanol–water partition coefficient (Wildman–Crippen LogP) is 4.97. The number of carbonyl (C=O) groups is 2. The van der Waals surface area contributed by atoms with Gasteiger partial charge < -0.3 is 10.2 Å². The fourth-order valence-electron chi connectivity index (χ4n) is 2.39. The van der Waals surface area contributed by atoms with E-state index in [9.17, 15) is 35.9 Å². The van der Waals surface area contributed by atoms with Gasteiger partial charge in [0.15, 0.2) is 0 Å². The monoisotopic (exact) mass is 422 g/mol. The molecule has 0 aliphatic carbocycles. The fourth-order valence-corrected chi connectivity index (χ4v) is 2.39. The van der Waals surface area contributed by atoms with Crippen LogP contribution in [0.3, 0.4) is 0 Å². The molecule has 0 fully saturated rings. The van der Waals surface area contributed by atoms with Crippen molar-refractivity contribution in [1.29, 1.82) is 0 Å². The summed E-state index contributed by atoms with van der Waals surface area (Å²) in [6.45, 7) is 1.53. The molecule has 0 heterocycles. The lowest BCUT2D eigenvalue weighted by Crippen LogP contribution is -2.12. The first-order valence-corrected chi connectivity index (χ1v) is 7.97. The van der Waals surface area contributed by atoms with E-state index in [2.05, 4.69) is 0 Å². The lowest BCUT2D eigenvalue weighted by Gasteiger charge is -2.12. The third kappa shape index (κ3) is 7.84. The van der Waals surface area contributed by atoms with E-state index in [1.165, 1.54) is 31.2 Å². The molecular weight excluding hydrogens is 406 g/mol. The van der Waals surface area contributed by atoms with Crippen molar-refractivity contribution in [3.8, 4) is 0 Å². The van der Waals surface area contributed by atoms with Crippen LogP contribution < -0.4 is 0 Å². The molecule has 0 atom stereocenters. The Morgan fingerprint density at radius 2 is 1.21 bits per heavy atom. The zero-order valence-corrected chi connectivity index (χ0v) is 14.9. The first-order chi connectivity index (χ1) is 13.2. The van der Waals surface area contributed by atoms with E-state index in [-0.39, 0.29) is 11.1 Å². The summed E-state index contributed by atoms with van der Waals surface area (Å²) in [4.78, 5) is 20.6. The van der Waals surface area contributed by atoms with Gasteiger partial charge in [-0.3, -0.25) is 9.59 Å². The molecule has 0 aromatic heterocycles. The average Bonchev–Trinajstić information content (AvgIpc) is 2.55. The Morgan fingerprint density at radius 3 is 1.66 bits per heavy atom. The van der Waals surface area contributed by atoms with Gasteiger partial charge in [-0.1, -0.05) is 35.9 Å². The van der Waals surface area contributed by atoms with E-state index in [1.54, 1.807) is 0 Å². The second kappa shape index (κ2) is 9.44. The standard InChI is InChI=1S/C10H9F3O2.C9H7F3O2/c1-6-2-3-7(5-9(14)15)8(4-6)10(11,12)13;10-9(11,12)7-4-2-1-3-6(7)5-8(13)14/h2-4H,5H2,1H3,(H,14,15);1-4H,5H2,(H,13,14). The van der Waals surface area contributed by atoms with Crippen molar-refractivity contribution in [2.24, 2.45) is 0 Å². The van der Waals surface area contributed by atoms with Crippen LogP contribution in [0.5, 0.6) is 0 Å². The number of carboxylic acid groups (broad SMARTS) is 2. The van der Waals surface area contributed by atoms with Gasteiger partial charge in [-0.05, 0) is 30.2 Å². The summed E-state index contributed by atoms with van der Waals surface area (Å²) in [7, 11) is 0. The van der Waals surface area contributed by atoms with Crippen molar-refractivity contribution in [3.05, 3.63) is 70.3 Å². The number of rotatable bonds is 4. The number of halogens is 6. The SMILES string of the molecule is Cc1ccc(CC(=O)O)c(C(F)(F)F)c1.O=C(O)Cc1ccccc1C(F)(F)F. The van der Waals surface area contributed by atoms with Crippen LogP contribution in [-0.4, -0.2) is 22.2 Å². The van der Waals surface area contributed by atoms with Gasteiger partial charge >= 0.3 is 24.3 Å². The van der Waals surface area contributed by atoms with Crippen LogP contribution in [0, 0.1) is 6.92 Å². The first kappa shape index (κ1) is 24.0. The molecule has 0 radical (unpaired) electrons. The number of aryl methyl sites for hydroxylation is 1. The first-order valence-electron chi connectivity index (χ1n) is 7.97. The van der Waals surface area contributed by atoms with E-state index in [0.717, 1.165) is 18.2 Å². The number of alkyl halides is 6. The van der Waals surface area contributed by atoms with Gasteiger partial charge in [0.1, 0.15) is 0 Å². The van der Waals surface area contributed by atoms with Crippen LogP contribution in [-0.2, 0) is 34.8 Å². The Morgan fingerprint density at radius 1 is 0.759 bits per heavy atom. The highest BCUT2D eigenvalue weighted by Gasteiger charge is 2.34. The molecule has 10 heteroatoms. The summed E-state index contributed by atoms with van der Waals surface area (Å²) in [5.74, 6) is -2.55. The van der Waals surface area contributed by atoms with Crippen LogP contribution >= 0.6 is 0 Å². The average molecular weight is 422 g/mol. The van der Waals surface area contributed by atoms with Crippen LogP contribution in [0.2, 0.25) is 0 Å². The molecule has 4 nitrogen and oxygen atoms in total. The van der Waals surface area contributed by atoms with Crippen molar-refractivity contribution in [1.82, 2.24) is 0 Å². The van der Waals surface area contributed by atoms with Crippen LogP contribution in [0.4, 0.5) is 26.3 Å². The van der Waals surface area contributed by atoms with E-state index in [4.69, 9.17) is 10.2 Å². The largest absolute Gasteiger partial charge is 0.481 e. The quantitative estimate of drug-likeness (QED) is 0.682. The van der Waals surface area contributed by atoms with Gasteiger partial charge in [0.2, 0.25) is 0 Å². The summed E-state index contributed by atoms with van der Waals surface area (Å²) in [6.07, 6.45) is -10.2. The molecule has 2 rings (SSSR count). The van der Waals surface area contributed by atoms with Gasteiger partial charge in [0.25, 0.3) is 0 Å². The minimum absolute atomic E-state index is 0.208. The lowest BCUT2D eigenvalue weighted by molar-refractivity contribution is -0.141. The van der Waals surface area contributed by atoms with Gasteiger partial charge in [-0.2, -0.15) is 26.3 Å². The second-order valence-electron chi connectivity index (χ2n) is 5.95. The normalized spacial score (nSPS) is 11.4. The Labute approximate surface area is 161 Å². The Hall–Kier alpha value is -3.04. The van der Waals surface area contributed by atoms with Gasteiger partial charge in [-0.15, -0.1) is 0 Å². The summed E-state index contributed by atoms with van der Waals surface area (Å²) < 4.78 is 74.4. The van der Waals surface area contributed by atoms with Crippen LogP contribution in [0.15, 0.2) is 42.5 Å². The molecule has 0 bridgehead atoms. The smallest absolute Gasteiger partial charge is 0.416 e. The molecule has 0 spiro atoms. The molecule has 0 aliphatic heterocycles. The molecular formula is C19H16F6O4. The molecule has 0 unspecified atom stereocenters. The maximum Gasteiger partial charge on any atom is 0.416 e. The molecule has 158 valence electrons. The molecule has 29 heavy (non-hydrogen) atoms. The minimum atomic E-state index is -4.50. The zero-order chi connectivity index (χ0) is 22.4. The Kier molecular flexibility index (Phi) is 7.81. The third-order valence-corrected chi connectivity index (χ3v) is 3.58. The molecule has 0 aliphatic rings.